The molecule has 0 aromatic heterocycles. The maximum atomic E-state index is 11.6. The molecule has 2 aromatic rings. The van der Waals surface area contributed by atoms with Crippen molar-refractivity contribution in [2.24, 2.45) is 5.10 Å². The number of hydrogen-bond donors (Lipinski definition) is 1. The first kappa shape index (κ1) is 16.3. The second kappa shape index (κ2) is 7.82. The van der Waals surface area contributed by atoms with E-state index >= 15 is 0 Å². The number of hydrazone groups is 1. The summed E-state index contributed by atoms with van der Waals surface area (Å²) in [4.78, 5) is 11.6. The number of carbonyl (C=O) groups excluding carboxylic acids is 1. The van der Waals surface area contributed by atoms with Crippen molar-refractivity contribution in [1.82, 2.24) is 5.43 Å². The Kier molecular flexibility index (Phi) is 5.81. The van der Waals surface area contributed by atoms with Gasteiger partial charge in [0, 0.05) is 0 Å². The Balaban J connectivity index is 1.83. The molecule has 0 heterocycles. The van der Waals surface area contributed by atoms with Crippen LogP contribution in [0, 0.1) is 6.92 Å². The molecule has 0 aliphatic carbocycles. The van der Waals surface area contributed by atoms with Crippen molar-refractivity contribution in [3.63, 3.8) is 0 Å². The zero-order chi connectivity index (χ0) is 15.9. The predicted molar refractivity (Wildman–Crippen MR) is 88.9 cm³/mol. The van der Waals surface area contributed by atoms with Crippen molar-refractivity contribution in [2.75, 3.05) is 6.61 Å². The van der Waals surface area contributed by atoms with Crippen LogP contribution in [0.4, 0.5) is 0 Å². The van der Waals surface area contributed by atoms with E-state index in [0.29, 0.717) is 10.8 Å². The number of nitrogens with one attached hydrogen (secondary N) is 1. The van der Waals surface area contributed by atoms with Gasteiger partial charge in [-0.1, -0.05) is 59.1 Å². The van der Waals surface area contributed by atoms with Crippen LogP contribution in [-0.4, -0.2) is 18.7 Å². The Hall–Kier alpha value is -2.04. The number of amides is 1. The second-order valence-corrected chi connectivity index (χ2v) is 5.33. The first-order valence-electron chi connectivity index (χ1n) is 6.51. The topological polar surface area (TPSA) is 50.7 Å². The number of benzene rings is 2. The van der Waals surface area contributed by atoms with Crippen LogP contribution in [0.2, 0.25) is 10.0 Å². The minimum absolute atomic E-state index is 0.203. The number of hydrogen-bond acceptors (Lipinski definition) is 3. The third-order valence-electron chi connectivity index (χ3n) is 2.76. The van der Waals surface area contributed by atoms with Crippen LogP contribution in [0.1, 0.15) is 11.1 Å². The summed E-state index contributed by atoms with van der Waals surface area (Å²) in [7, 11) is 0. The molecule has 0 saturated carbocycles. The predicted octanol–water partition coefficient (Wildman–Crippen LogP) is 3.83. The number of nitrogens with zero attached hydrogens (tertiary/aromatic N) is 1. The van der Waals surface area contributed by atoms with Gasteiger partial charge in [-0.05, 0) is 24.6 Å². The highest BCUT2D eigenvalue weighted by molar-refractivity contribution is 6.42. The van der Waals surface area contributed by atoms with E-state index in [0.717, 1.165) is 11.1 Å². The molecule has 0 aliphatic heterocycles. The lowest BCUT2D eigenvalue weighted by Gasteiger charge is -2.07. The van der Waals surface area contributed by atoms with E-state index in [1.165, 1.54) is 0 Å². The summed E-state index contributed by atoms with van der Waals surface area (Å²) in [6.45, 7) is 1.80. The Labute approximate surface area is 138 Å². The zero-order valence-electron chi connectivity index (χ0n) is 11.8. The fourth-order valence-corrected chi connectivity index (χ4v) is 1.95. The van der Waals surface area contributed by atoms with Gasteiger partial charge in [0.05, 0.1) is 11.2 Å². The molecule has 114 valence electrons. The number of halogens is 2. The first-order chi connectivity index (χ1) is 10.6. The molecule has 1 N–H and O–H groups in total. The summed E-state index contributed by atoms with van der Waals surface area (Å²) in [5.41, 5.74) is 4.43. The molecule has 0 spiro atoms. The third-order valence-corrected chi connectivity index (χ3v) is 3.56. The Bertz CT molecular complexity index is 685. The van der Waals surface area contributed by atoms with Crippen molar-refractivity contribution < 1.29 is 9.53 Å². The molecule has 1 amide bonds. The van der Waals surface area contributed by atoms with Gasteiger partial charge in [0.2, 0.25) is 0 Å². The highest BCUT2D eigenvalue weighted by atomic mass is 35.5. The SMILES string of the molecule is Cc1ccc(C=NNC(=O)COc2cccc(Cl)c2Cl)cc1. The standard InChI is InChI=1S/C16H14Cl2N2O2/c1-11-5-7-12(8-6-11)9-19-20-15(21)10-22-14-4-2-3-13(17)16(14)18/h2-9H,10H2,1H3,(H,20,21). The minimum atomic E-state index is -0.389. The summed E-state index contributed by atoms with van der Waals surface area (Å²) in [5.74, 6) is -0.0359. The van der Waals surface area contributed by atoms with Crippen LogP contribution >= 0.6 is 23.2 Å². The quantitative estimate of drug-likeness (QED) is 0.666. The van der Waals surface area contributed by atoms with Gasteiger partial charge in [0.15, 0.2) is 6.61 Å². The molecule has 22 heavy (non-hydrogen) atoms. The smallest absolute Gasteiger partial charge is 0.277 e. The Morgan fingerprint density at radius 3 is 2.68 bits per heavy atom. The normalized spacial score (nSPS) is 10.7. The fourth-order valence-electron chi connectivity index (χ4n) is 1.60. The van der Waals surface area contributed by atoms with Crippen LogP contribution in [0.15, 0.2) is 47.6 Å². The molecule has 2 rings (SSSR count). The average Bonchev–Trinajstić information content (AvgIpc) is 2.51. The van der Waals surface area contributed by atoms with Crippen LogP contribution in [0.3, 0.4) is 0 Å². The lowest BCUT2D eigenvalue weighted by molar-refractivity contribution is -0.123. The summed E-state index contributed by atoms with van der Waals surface area (Å²) < 4.78 is 5.30. The molecular weight excluding hydrogens is 323 g/mol. The number of ether oxygens (including phenoxy) is 1. The monoisotopic (exact) mass is 336 g/mol. The largest absolute Gasteiger partial charge is 0.482 e. The molecular formula is C16H14Cl2N2O2. The number of carbonyl (C=O) groups is 1. The maximum absolute atomic E-state index is 11.6. The van der Waals surface area contributed by atoms with Crippen LogP contribution in [0.5, 0.6) is 5.75 Å². The molecule has 2 aromatic carbocycles. The van der Waals surface area contributed by atoms with Crippen LogP contribution in [0.25, 0.3) is 0 Å². The van der Waals surface area contributed by atoms with Gasteiger partial charge in [-0.2, -0.15) is 5.10 Å². The number of aryl methyl sites for hydroxylation is 1. The van der Waals surface area contributed by atoms with Crippen molar-refractivity contribution in [1.29, 1.82) is 0 Å². The molecule has 6 heteroatoms. The molecule has 0 aliphatic rings. The summed E-state index contributed by atoms with van der Waals surface area (Å²) in [6, 6.07) is 12.7. The van der Waals surface area contributed by atoms with E-state index in [4.69, 9.17) is 27.9 Å². The molecule has 0 atom stereocenters. The van der Waals surface area contributed by atoms with E-state index in [9.17, 15) is 4.79 Å². The van der Waals surface area contributed by atoms with Gasteiger partial charge in [0.25, 0.3) is 5.91 Å². The van der Waals surface area contributed by atoms with Gasteiger partial charge in [0.1, 0.15) is 10.8 Å². The molecule has 0 saturated heterocycles. The molecule has 0 fully saturated rings. The lowest BCUT2D eigenvalue weighted by Crippen LogP contribution is -2.24. The highest BCUT2D eigenvalue weighted by Gasteiger charge is 2.07. The van der Waals surface area contributed by atoms with Crippen molar-refractivity contribution in [3.8, 4) is 5.75 Å². The van der Waals surface area contributed by atoms with Gasteiger partial charge >= 0.3 is 0 Å². The first-order valence-corrected chi connectivity index (χ1v) is 7.27. The van der Waals surface area contributed by atoms with Crippen LogP contribution in [-0.2, 0) is 4.79 Å². The minimum Gasteiger partial charge on any atom is -0.482 e. The van der Waals surface area contributed by atoms with Gasteiger partial charge in [-0.3, -0.25) is 4.79 Å². The van der Waals surface area contributed by atoms with Gasteiger partial charge in [-0.15, -0.1) is 0 Å². The van der Waals surface area contributed by atoms with E-state index in [2.05, 4.69) is 10.5 Å². The van der Waals surface area contributed by atoms with Crippen LogP contribution < -0.4 is 10.2 Å². The van der Waals surface area contributed by atoms with Gasteiger partial charge < -0.3 is 4.74 Å². The highest BCUT2D eigenvalue weighted by Crippen LogP contribution is 2.31. The van der Waals surface area contributed by atoms with E-state index in [1.54, 1.807) is 24.4 Å². The maximum Gasteiger partial charge on any atom is 0.277 e. The summed E-state index contributed by atoms with van der Waals surface area (Å²) >= 11 is 11.8. The van der Waals surface area contributed by atoms with E-state index < -0.39 is 0 Å². The summed E-state index contributed by atoms with van der Waals surface area (Å²) in [6.07, 6.45) is 1.56. The number of rotatable bonds is 5. The molecule has 0 unspecified atom stereocenters. The van der Waals surface area contributed by atoms with E-state index in [1.807, 2.05) is 31.2 Å². The average molecular weight is 337 g/mol. The molecule has 0 radical (unpaired) electrons. The zero-order valence-corrected chi connectivity index (χ0v) is 13.4. The Morgan fingerprint density at radius 2 is 1.95 bits per heavy atom. The molecule has 0 bridgehead atoms. The van der Waals surface area contributed by atoms with Crippen molar-refractivity contribution in [3.05, 3.63) is 63.6 Å². The third kappa shape index (κ3) is 4.76. The van der Waals surface area contributed by atoms with Crippen molar-refractivity contribution >= 4 is 35.3 Å². The lowest BCUT2D eigenvalue weighted by atomic mass is 10.2. The summed E-state index contributed by atoms with van der Waals surface area (Å²) in [5, 5.41) is 4.51. The molecule has 4 nitrogen and oxygen atoms in total. The van der Waals surface area contributed by atoms with Gasteiger partial charge in [-0.25, -0.2) is 5.43 Å². The van der Waals surface area contributed by atoms with Crippen molar-refractivity contribution in [2.45, 2.75) is 6.92 Å². The fraction of sp³-hybridized carbons (Fsp3) is 0.125. The van der Waals surface area contributed by atoms with E-state index in [-0.39, 0.29) is 17.5 Å². The second-order valence-electron chi connectivity index (χ2n) is 4.54. The Morgan fingerprint density at radius 1 is 1.23 bits per heavy atom.